The molecule has 0 saturated heterocycles. The van der Waals surface area contributed by atoms with Crippen LogP contribution in [0.3, 0.4) is 0 Å². The molecule has 0 bridgehead atoms. The van der Waals surface area contributed by atoms with Crippen molar-refractivity contribution in [3.05, 3.63) is 60.3 Å². The zero-order chi connectivity index (χ0) is 19.9. The van der Waals surface area contributed by atoms with Crippen molar-refractivity contribution in [3.63, 3.8) is 0 Å². The van der Waals surface area contributed by atoms with Crippen LogP contribution in [-0.2, 0) is 0 Å². The lowest BCUT2D eigenvalue weighted by Crippen LogP contribution is -2.12. The molecule has 0 fully saturated rings. The van der Waals surface area contributed by atoms with E-state index in [1.54, 1.807) is 30.5 Å². The summed E-state index contributed by atoms with van der Waals surface area (Å²) in [6, 6.07) is 14.6. The lowest BCUT2D eigenvalue weighted by Gasteiger charge is -2.13. The van der Waals surface area contributed by atoms with Crippen molar-refractivity contribution in [2.24, 2.45) is 0 Å². The Morgan fingerprint density at radius 1 is 1.11 bits per heavy atom. The average molecular weight is 378 g/mol. The second-order valence-corrected chi connectivity index (χ2v) is 6.86. The number of nitrogens with zero attached hydrogens (tertiary/aromatic N) is 1. The maximum absolute atomic E-state index is 12.7. The van der Waals surface area contributed by atoms with Crippen LogP contribution in [0.5, 0.6) is 11.5 Å². The molecule has 1 amide bonds. The lowest BCUT2D eigenvalue weighted by atomic mass is 10.1. The quantitative estimate of drug-likeness (QED) is 0.529. The molecule has 0 aliphatic rings. The van der Waals surface area contributed by atoms with Gasteiger partial charge < -0.3 is 14.8 Å². The van der Waals surface area contributed by atoms with Gasteiger partial charge in [-0.25, -0.2) is 0 Å². The fourth-order valence-electron chi connectivity index (χ4n) is 2.85. The highest BCUT2D eigenvalue weighted by atomic mass is 16.5. The molecular formula is C23H26N2O3. The van der Waals surface area contributed by atoms with E-state index in [1.807, 2.05) is 38.1 Å². The number of pyridine rings is 1. The number of unbranched alkanes of at least 4 members (excludes halogenated alkanes) is 1. The van der Waals surface area contributed by atoms with Gasteiger partial charge in [0.05, 0.1) is 18.4 Å². The van der Waals surface area contributed by atoms with E-state index in [2.05, 4.69) is 17.2 Å². The number of nitrogens with one attached hydrogen (secondary N) is 1. The number of carbonyl (C=O) groups excluding carboxylic acids is 1. The lowest BCUT2D eigenvalue weighted by molar-refractivity contribution is 0.102. The van der Waals surface area contributed by atoms with Gasteiger partial charge in [-0.2, -0.15) is 0 Å². The maximum Gasteiger partial charge on any atom is 0.255 e. The molecule has 2 aromatic carbocycles. The van der Waals surface area contributed by atoms with Crippen molar-refractivity contribution in [1.29, 1.82) is 0 Å². The van der Waals surface area contributed by atoms with E-state index in [4.69, 9.17) is 9.47 Å². The van der Waals surface area contributed by atoms with Gasteiger partial charge in [0, 0.05) is 17.1 Å². The number of rotatable bonds is 8. The minimum absolute atomic E-state index is 0.0941. The average Bonchev–Trinajstić information content (AvgIpc) is 2.69. The van der Waals surface area contributed by atoms with Crippen LogP contribution >= 0.6 is 0 Å². The third-order valence-electron chi connectivity index (χ3n) is 4.22. The van der Waals surface area contributed by atoms with Gasteiger partial charge in [-0.15, -0.1) is 0 Å². The fourth-order valence-corrected chi connectivity index (χ4v) is 2.85. The predicted molar refractivity (Wildman–Crippen MR) is 112 cm³/mol. The van der Waals surface area contributed by atoms with Crippen molar-refractivity contribution in [1.82, 2.24) is 4.98 Å². The van der Waals surface area contributed by atoms with Crippen LogP contribution in [-0.4, -0.2) is 23.6 Å². The summed E-state index contributed by atoms with van der Waals surface area (Å²) in [5.74, 6) is 1.30. The van der Waals surface area contributed by atoms with Crippen LogP contribution in [0, 0.1) is 0 Å². The van der Waals surface area contributed by atoms with E-state index in [0.717, 1.165) is 35.2 Å². The standard InChI is InChI=1S/C23H26N2O3/c1-4-5-15-27-21-13-12-20(19-7-6-14-24-22(19)21)25-23(26)17-8-10-18(11-9-17)28-16(2)3/h6-14,16H,4-5,15H2,1-3H3,(H,25,26). The predicted octanol–water partition coefficient (Wildman–Crippen LogP) is 5.45. The van der Waals surface area contributed by atoms with Crippen LogP contribution in [0.15, 0.2) is 54.7 Å². The van der Waals surface area contributed by atoms with E-state index in [-0.39, 0.29) is 12.0 Å². The van der Waals surface area contributed by atoms with Gasteiger partial charge in [0.15, 0.2) is 0 Å². The van der Waals surface area contributed by atoms with Gasteiger partial charge in [0.2, 0.25) is 0 Å². The highest BCUT2D eigenvalue weighted by Crippen LogP contribution is 2.30. The van der Waals surface area contributed by atoms with Crippen molar-refractivity contribution < 1.29 is 14.3 Å². The van der Waals surface area contributed by atoms with Crippen LogP contribution < -0.4 is 14.8 Å². The number of aromatic nitrogens is 1. The molecule has 3 aromatic rings. The first-order valence-electron chi connectivity index (χ1n) is 9.67. The molecule has 0 aliphatic heterocycles. The Labute approximate surface area is 165 Å². The summed E-state index contributed by atoms with van der Waals surface area (Å²) in [7, 11) is 0. The molecule has 0 radical (unpaired) electrons. The van der Waals surface area contributed by atoms with Gasteiger partial charge in [-0.1, -0.05) is 13.3 Å². The smallest absolute Gasteiger partial charge is 0.255 e. The highest BCUT2D eigenvalue weighted by Gasteiger charge is 2.12. The molecule has 1 aromatic heterocycles. The summed E-state index contributed by atoms with van der Waals surface area (Å²) in [5, 5.41) is 3.83. The van der Waals surface area contributed by atoms with Gasteiger partial charge in [-0.3, -0.25) is 9.78 Å². The van der Waals surface area contributed by atoms with Crippen molar-refractivity contribution in [2.45, 2.75) is 39.7 Å². The summed E-state index contributed by atoms with van der Waals surface area (Å²) in [6.45, 7) is 6.71. The summed E-state index contributed by atoms with van der Waals surface area (Å²) >= 11 is 0. The third-order valence-corrected chi connectivity index (χ3v) is 4.22. The zero-order valence-electron chi connectivity index (χ0n) is 16.6. The van der Waals surface area contributed by atoms with E-state index in [1.165, 1.54) is 0 Å². The molecular weight excluding hydrogens is 352 g/mol. The first kappa shape index (κ1) is 19.7. The Morgan fingerprint density at radius 3 is 2.61 bits per heavy atom. The molecule has 0 spiro atoms. The molecule has 0 saturated carbocycles. The van der Waals surface area contributed by atoms with Crippen LogP contribution in [0.2, 0.25) is 0 Å². The largest absolute Gasteiger partial charge is 0.491 e. The SMILES string of the molecule is CCCCOc1ccc(NC(=O)c2ccc(OC(C)C)cc2)c2cccnc12. The molecule has 5 nitrogen and oxygen atoms in total. The monoisotopic (exact) mass is 378 g/mol. The molecule has 1 heterocycles. The number of amides is 1. The van der Waals surface area contributed by atoms with Crippen molar-refractivity contribution in [3.8, 4) is 11.5 Å². The molecule has 0 unspecified atom stereocenters. The Kier molecular flexibility index (Phi) is 6.48. The zero-order valence-corrected chi connectivity index (χ0v) is 16.6. The van der Waals surface area contributed by atoms with Crippen LogP contribution in [0.4, 0.5) is 5.69 Å². The Balaban J connectivity index is 1.80. The molecule has 28 heavy (non-hydrogen) atoms. The number of hydrogen-bond donors (Lipinski definition) is 1. The number of anilines is 1. The molecule has 3 rings (SSSR count). The van der Waals surface area contributed by atoms with Crippen LogP contribution in [0.1, 0.15) is 44.0 Å². The second-order valence-electron chi connectivity index (χ2n) is 6.86. The topological polar surface area (TPSA) is 60.5 Å². The summed E-state index contributed by atoms with van der Waals surface area (Å²) in [4.78, 5) is 17.1. The molecule has 0 aliphatic carbocycles. The maximum atomic E-state index is 12.7. The minimum Gasteiger partial charge on any atom is -0.491 e. The Morgan fingerprint density at radius 2 is 1.89 bits per heavy atom. The minimum atomic E-state index is -0.180. The van der Waals surface area contributed by atoms with E-state index in [9.17, 15) is 4.79 Å². The van der Waals surface area contributed by atoms with Gasteiger partial charge in [-0.05, 0) is 68.8 Å². The van der Waals surface area contributed by atoms with E-state index in [0.29, 0.717) is 17.9 Å². The Bertz CT molecular complexity index is 936. The number of hydrogen-bond acceptors (Lipinski definition) is 4. The normalized spacial score (nSPS) is 10.9. The van der Waals surface area contributed by atoms with E-state index < -0.39 is 0 Å². The van der Waals surface area contributed by atoms with Crippen molar-refractivity contribution >= 4 is 22.5 Å². The van der Waals surface area contributed by atoms with Gasteiger partial charge in [0.25, 0.3) is 5.91 Å². The summed E-state index contributed by atoms with van der Waals surface area (Å²) in [6.07, 6.45) is 3.88. The second kappa shape index (κ2) is 9.22. The van der Waals surface area contributed by atoms with Crippen molar-refractivity contribution in [2.75, 3.05) is 11.9 Å². The summed E-state index contributed by atoms with van der Waals surface area (Å²) in [5.41, 5.74) is 2.02. The third kappa shape index (κ3) is 4.80. The molecule has 5 heteroatoms. The highest BCUT2D eigenvalue weighted by molar-refractivity contribution is 6.09. The van der Waals surface area contributed by atoms with Gasteiger partial charge >= 0.3 is 0 Å². The first-order chi connectivity index (χ1) is 13.6. The number of benzene rings is 2. The van der Waals surface area contributed by atoms with Crippen LogP contribution in [0.25, 0.3) is 10.9 Å². The molecule has 1 N–H and O–H groups in total. The van der Waals surface area contributed by atoms with Gasteiger partial charge in [0.1, 0.15) is 17.0 Å². The molecule has 0 atom stereocenters. The number of ether oxygens (including phenoxy) is 2. The first-order valence-corrected chi connectivity index (χ1v) is 9.67. The van der Waals surface area contributed by atoms with E-state index >= 15 is 0 Å². The summed E-state index contributed by atoms with van der Waals surface area (Å²) < 4.78 is 11.5. The molecule has 146 valence electrons. The Hall–Kier alpha value is -3.08. The fraction of sp³-hybridized carbons (Fsp3) is 0.304. The number of fused-ring (bicyclic) bond motifs is 1. The number of carbonyl (C=O) groups is 1.